The van der Waals surface area contributed by atoms with Crippen molar-refractivity contribution >= 4 is 27.6 Å². The van der Waals surface area contributed by atoms with Crippen LogP contribution in [0.2, 0.25) is 0 Å². The van der Waals surface area contributed by atoms with Gasteiger partial charge in [-0.1, -0.05) is 13.8 Å². The fraction of sp³-hybridized carbons (Fsp3) is 0.467. The van der Waals surface area contributed by atoms with Crippen LogP contribution >= 0.6 is 15.9 Å². The molecule has 20 heavy (non-hydrogen) atoms. The minimum absolute atomic E-state index is 0.0897. The van der Waals surface area contributed by atoms with Crippen LogP contribution in [-0.4, -0.2) is 24.2 Å². The van der Waals surface area contributed by atoms with E-state index in [2.05, 4.69) is 26.9 Å². The molecule has 0 aliphatic carbocycles. The Labute approximate surface area is 127 Å². The average Bonchev–Trinajstić information content (AvgIpc) is 2.85. The van der Waals surface area contributed by atoms with Crippen LogP contribution < -0.4 is 4.90 Å². The molecule has 2 rings (SSSR count). The molecule has 1 fully saturated rings. The van der Waals surface area contributed by atoms with E-state index in [9.17, 15) is 9.90 Å². The predicted octanol–water partition coefficient (Wildman–Crippen LogP) is 3.26. The molecular formula is C15H17BrN2O2. The Bertz CT molecular complexity index is 580. The highest BCUT2D eigenvalue weighted by atomic mass is 79.9. The van der Waals surface area contributed by atoms with Crippen molar-refractivity contribution in [1.82, 2.24) is 0 Å². The minimum Gasteiger partial charge on any atom is -0.481 e. The van der Waals surface area contributed by atoms with Gasteiger partial charge in [0.15, 0.2) is 0 Å². The van der Waals surface area contributed by atoms with E-state index in [0.29, 0.717) is 18.5 Å². The van der Waals surface area contributed by atoms with Gasteiger partial charge in [0.25, 0.3) is 0 Å². The highest BCUT2D eigenvalue weighted by Crippen LogP contribution is 2.40. The van der Waals surface area contributed by atoms with Gasteiger partial charge in [-0.15, -0.1) is 0 Å². The maximum atomic E-state index is 11.6. The summed E-state index contributed by atoms with van der Waals surface area (Å²) >= 11 is 3.38. The number of hydrogen-bond acceptors (Lipinski definition) is 3. The predicted molar refractivity (Wildman–Crippen MR) is 80.6 cm³/mol. The summed E-state index contributed by atoms with van der Waals surface area (Å²) in [4.78, 5) is 13.7. The van der Waals surface area contributed by atoms with E-state index in [4.69, 9.17) is 5.26 Å². The van der Waals surface area contributed by atoms with E-state index < -0.39 is 11.4 Å². The van der Waals surface area contributed by atoms with E-state index in [0.717, 1.165) is 16.7 Å². The summed E-state index contributed by atoms with van der Waals surface area (Å²) in [5, 5.41) is 18.5. The van der Waals surface area contributed by atoms with Gasteiger partial charge in [0, 0.05) is 23.2 Å². The highest BCUT2D eigenvalue weighted by molar-refractivity contribution is 9.10. The van der Waals surface area contributed by atoms with Crippen molar-refractivity contribution in [3.8, 4) is 6.07 Å². The summed E-state index contributed by atoms with van der Waals surface area (Å²) in [6, 6.07) is 7.63. The number of carboxylic acids is 1. The number of rotatable bonds is 3. The molecule has 0 amide bonds. The van der Waals surface area contributed by atoms with Crippen molar-refractivity contribution in [2.24, 2.45) is 11.3 Å². The van der Waals surface area contributed by atoms with Crippen molar-refractivity contribution in [3.63, 3.8) is 0 Å². The molecular weight excluding hydrogens is 320 g/mol. The molecule has 0 saturated carbocycles. The first-order valence-electron chi connectivity index (χ1n) is 6.58. The van der Waals surface area contributed by atoms with Crippen LogP contribution in [-0.2, 0) is 4.79 Å². The number of benzene rings is 1. The van der Waals surface area contributed by atoms with Crippen LogP contribution in [0.25, 0.3) is 0 Å². The summed E-state index contributed by atoms with van der Waals surface area (Å²) in [6.07, 6.45) is 0.650. The number of aliphatic carboxylic acids is 1. The number of carbonyl (C=O) groups is 1. The second kappa shape index (κ2) is 5.45. The normalized spacial score (nSPS) is 22.1. The first-order valence-corrected chi connectivity index (χ1v) is 7.38. The number of anilines is 1. The maximum Gasteiger partial charge on any atom is 0.311 e. The lowest BCUT2D eigenvalue weighted by Gasteiger charge is -2.29. The molecule has 1 atom stereocenters. The lowest BCUT2D eigenvalue weighted by molar-refractivity contribution is -0.150. The number of nitriles is 1. The van der Waals surface area contributed by atoms with Gasteiger partial charge >= 0.3 is 5.97 Å². The summed E-state index contributed by atoms with van der Waals surface area (Å²) < 4.78 is 0.745. The summed E-state index contributed by atoms with van der Waals surface area (Å²) in [5.74, 6) is -0.630. The average molecular weight is 337 g/mol. The van der Waals surface area contributed by atoms with E-state index >= 15 is 0 Å². The zero-order valence-corrected chi connectivity index (χ0v) is 13.1. The van der Waals surface area contributed by atoms with E-state index in [-0.39, 0.29) is 5.92 Å². The third-order valence-corrected chi connectivity index (χ3v) is 4.93. The Balaban J connectivity index is 2.27. The SMILES string of the molecule is CC(C)C1(C(=O)O)CCN(c2ccc(C#N)c(Br)c2)C1. The van der Waals surface area contributed by atoms with Gasteiger partial charge < -0.3 is 10.0 Å². The van der Waals surface area contributed by atoms with Crippen LogP contribution in [0.5, 0.6) is 0 Å². The molecule has 0 bridgehead atoms. The van der Waals surface area contributed by atoms with E-state index in [1.807, 2.05) is 26.0 Å². The van der Waals surface area contributed by atoms with Gasteiger partial charge in [0.1, 0.15) is 6.07 Å². The second-order valence-electron chi connectivity index (χ2n) is 5.56. The van der Waals surface area contributed by atoms with Crippen LogP contribution in [0.15, 0.2) is 22.7 Å². The molecule has 106 valence electrons. The molecule has 1 saturated heterocycles. The maximum absolute atomic E-state index is 11.6. The standard InChI is InChI=1S/C15H17BrN2O2/c1-10(2)15(14(19)20)5-6-18(9-15)12-4-3-11(8-17)13(16)7-12/h3-4,7,10H,5-6,9H2,1-2H3,(H,19,20). The lowest BCUT2D eigenvalue weighted by atomic mass is 9.76. The summed E-state index contributed by atoms with van der Waals surface area (Å²) in [7, 11) is 0. The van der Waals surface area contributed by atoms with Crippen LogP contribution in [0.3, 0.4) is 0 Å². The van der Waals surface area contributed by atoms with Gasteiger partial charge in [-0.25, -0.2) is 0 Å². The molecule has 0 radical (unpaired) electrons. The zero-order valence-electron chi connectivity index (χ0n) is 11.6. The van der Waals surface area contributed by atoms with Crippen LogP contribution in [0.4, 0.5) is 5.69 Å². The summed E-state index contributed by atoms with van der Waals surface area (Å²) in [5.41, 5.74) is 0.862. The Morgan fingerprint density at radius 2 is 2.25 bits per heavy atom. The minimum atomic E-state index is -0.720. The zero-order chi connectivity index (χ0) is 14.9. The lowest BCUT2D eigenvalue weighted by Crippen LogP contribution is -2.39. The fourth-order valence-corrected chi connectivity index (χ4v) is 3.19. The van der Waals surface area contributed by atoms with Gasteiger partial charge in [-0.2, -0.15) is 5.26 Å². The molecule has 5 heteroatoms. The molecule has 1 aromatic carbocycles. The van der Waals surface area contributed by atoms with Crippen molar-refractivity contribution in [2.75, 3.05) is 18.0 Å². The molecule has 4 nitrogen and oxygen atoms in total. The van der Waals surface area contributed by atoms with Crippen molar-refractivity contribution in [2.45, 2.75) is 20.3 Å². The number of halogens is 1. The molecule has 1 aromatic rings. The number of nitrogens with zero attached hydrogens (tertiary/aromatic N) is 2. The Morgan fingerprint density at radius 1 is 1.55 bits per heavy atom. The van der Waals surface area contributed by atoms with Crippen molar-refractivity contribution in [3.05, 3.63) is 28.2 Å². The highest BCUT2D eigenvalue weighted by Gasteiger charge is 2.47. The topological polar surface area (TPSA) is 64.3 Å². The first-order chi connectivity index (χ1) is 9.40. The Morgan fingerprint density at radius 3 is 2.70 bits per heavy atom. The Hall–Kier alpha value is -1.54. The van der Waals surface area contributed by atoms with Gasteiger partial charge in [0.2, 0.25) is 0 Å². The first kappa shape index (κ1) is 14.9. The third-order valence-electron chi connectivity index (χ3n) is 4.27. The fourth-order valence-electron chi connectivity index (χ4n) is 2.74. The van der Waals surface area contributed by atoms with Gasteiger partial charge in [0.05, 0.1) is 11.0 Å². The second-order valence-corrected chi connectivity index (χ2v) is 6.42. The van der Waals surface area contributed by atoms with Crippen LogP contribution in [0.1, 0.15) is 25.8 Å². The smallest absolute Gasteiger partial charge is 0.311 e. The Kier molecular flexibility index (Phi) is 4.05. The molecule has 1 N–H and O–H groups in total. The third kappa shape index (κ3) is 2.40. The van der Waals surface area contributed by atoms with Crippen LogP contribution in [0, 0.1) is 22.7 Å². The van der Waals surface area contributed by atoms with Crippen molar-refractivity contribution < 1.29 is 9.90 Å². The molecule has 1 aliphatic rings. The monoisotopic (exact) mass is 336 g/mol. The van der Waals surface area contributed by atoms with Gasteiger partial charge in [-0.3, -0.25) is 4.79 Å². The van der Waals surface area contributed by atoms with Crippen molar-refractivity contribution in [1.29, 1.82) is 5.26 Å². The molecule has 0 spiro atoms. The quantitative estimate of drug-likeness (QED) is 0.920. The van der Waals surface area contributed by atoms with E-state index in [1.54, 1.807) is 6.07 Å². The number of carboxylic acid groups (broad SMARTS) is 1. The van der Waals surface area contributed by atoms with Gasteiger partial charge in [-0.05, 0) is 46.5 Å². The molecule has 1 aliphatic heterocycles. The molecule has 1 unspecified atom stereocenters. The molecule has 1 heterocycles. The molecule has 0 aromatic heterocycles. The summed E-state index contributed by atoms with van der Waals surface area (Å²) in [6.45, 7) is 5.17. The van der Waals surface area contributed by atoms with E-state index in [1.165, 1.54) is 0 Å². The number of hydrogen-bond donors (Lipinski definition) is 1. The largest absolute Gasteiger partial charge is 0.481 e.